The molecule has 3 heteroatoms. The van der Waals surface area contributed by atoms with Crippen molar-refractivity contribution in [3.05, 3.63) is 24.3 Å². The molecule has 14 heavy (non-hydrogen) atoms. The zero-order valence-electron chi connectivity index (χ0n) is 8.53. The van der Waals surface area contributed by atoms with Crippen molar-refractivity contribution >= 4 is 11.4 Å². The molecule has 1 fully saturated rings. The second kappa shape index (κ2) is 3.88. The zero-order valence-corrected chi connectivity index (χ0v) is 8.53. The molecule has 76 valence electrons. The summed E-state index contributed by atoms with van der Waals surface area (Å²) in [6, 6.07) is 8.73. The van der Waals surface area contributed by atoms with Crippen LogP contribution in [-0.4, -0.2) is 26.2 Å². The standard InChI is InChI=1S/C11H17N3/c1-13-10-6-7-14(8-10)11-4-2-9(12)3-5-11/h2-5,10,13H,6-8,12H2,1H3. The van der Waals surface area contributed by atoms with Gasteiger partial charge < -0.3 is 16.0 Å². The van der Waals surface area contributed by atoms with Crippen LogP contribution < -0.4 is 16.0 Å². The highest BCUT2D eigenvalue weighted by molar-refractivity contribution is 5.53. The lowest BCUT2D eigenvalue weighted by atomic mass is 10.2. The van der Waals surface area contributed by atoms with E-state index in [2.05, 4.69) is 22.3 Å². The number of benzene rings is 1. The Kier molecular flexibility index (Phi) is 2.59. The second-order valence-electron chi connectivity index (χ2n) is 3.81. The number of nitrogens with two attached hydrogens (primary N) is 1. The molecule has 1 aliphatic rings. The van der Waals surface area contributed by atoms with Crippen molar-refractivity contribution in [3.63, 3.8) is 0 Å². The van der Waals surface area contributed by atoms with Crippen LogP contribution in [0.3, 0.4) is 0 Å². The smallest absolute Gasteiger partial charge is 0.0368 e. The molecule has 1 atom stereocenters. The fourth-order valence-corrected chi connectivity index (χ4v) is 1.92. The van der Waals surface area contributed by atoms with E-state index < -0.39 is 0 Å². The third-order valence-corrected chi connectivity index (χ3v) is 2.85. The lowest BCUT2D eigenvalue weighted by Crippen LogP contribution is -2.29. The van der Waals surface area contributed by atoms with Crippen LogP contribution in [0.15, 0.2) is 24.3 Å². The molecule has 1 aromatic carbocycles. The minimum Gasteiger partial charge on any atom is -0.399 e. The molecular weight excluding hydrogens is 174 g/mol. The maximum absolute atomic E-state index is 5.65. The summed E-state index contributed by atoms with van der Waals surface area (Å²) in [4.78, 5) is 2.39. The molecule has 3 N–H and O–H groups in total. The number of hydrogen-bond donors (Lipinski definition) is 2. The predicted octanol–water partition coefficient (Wildman–Crippen LogP) is 1.07. The monoisotopic (exact) mass is 191 g/mol. The van der Waals surface area contributed by atoms with Crippen molar-refractivity contribution in [3.8, 4) is 0 Å². The van der Waals surface area contributed by atoms with Crippen LogP contribution in [0.1, 0.15) is 6.42 Å². The highest BCUT2D eigenvalue weighted by Gasteiger charge is 2.20. The molecule has 1 unspecified atom stereocenters. The van der Waals surface area contributed by atoms with Crippen LogP contribution in [-0.2, 0) is 0 Å². The Balaban J connectivity index is 2.06. The molecule has 2 rings (SSSR count). The number of nitrogen functional groups attached to an aromatic ring is 1. The first-order valence-corrected chi connectivity index (χ1v) is 5.07. The molecular formula is C11H17N3. The minimum atomic E-state index is 0.632. The van der Waals surface area contributed by atoms with Crippen molar-refractivity contribution < 1.29 is 0 Å². The molecule has 0 bridgehead atoms. The van der Waals surface area contributed by atoms with Gasteiger partial charge in [0.25, 0.3) is 0 Å². The van der Waals surface area contributed by atoms with E-state index in [-0.39, 0.29) is 0 Å². The predicted molar refractivity (Wildman–Crippen MR) is 60.5 cm³/mol. The van der Waals surface area contributed by atoms with Crippen LogP contribution in [0.25, 0.3) is 0 Å². The minimum absolute atomic E-state index is 0.632. The van der Waals surface area contributed by atoms with E-state index in [1.54, 1.807) is 0 Å². The van der Waals surface area contributed by atoms with Gasteiger partial charge in [0.1, 0.15) is 0 Å². The van der Waals surface area contributed by atoms with Crippen molar-refractivity contribution in [1.82, 2.24) is 5.32 Å². The summed E-state index contributed by atoms with van der Waals surface area (Å²) in [6.07, 6.45) is 1.22. The number of nitrogens with zero attached hydrogens (tertiary/aromatic N) is 1. The van der Waals surface area contributed by atoms with Gasteiger partial charge in [-0.05, 0) is 37.7 Å². The number of hydrogen-bond acceptors (Lipinski definition) is 3. The summed E-state index contributed by atoms with van der Waals surface area (Å²) >= 11 is 0. The van der Waals surface area contributed by atoms with Gasteiger partial charge in [0.15, 0.2) is 0 Å². The van der Waals surface area contributed by atoms with E-state index in [0.29, 0.717) is 6.04 Å². The molecule has 1 heterocycles. The molecule has 0 aromatic heterocycles. The molecule has 0 radical (unpaired) electrons. The van der Waals surface area contributed by atoms with Crippen LogP contribution in [0.2, 0.25) is 0 Å². The lowest BCUT2D eigenvalue weighted by Gasteiger charge is -2.18. The number of anilines is 2. The Morgan fingerprint density at radius 1 is 1.36 bits per heavy atom. The SMILES string of the molecule is CNC1CCN(c2ccc(N)cc2)C1. The van der Waals surface area contributed by atoms with E-state index in [9.17, 15) is 0 Å². The van der Waals surface area contributed by atoms with E-state index in [4.69, 9.17) is 5.73 Å². The summed E-state index contributed by atoms with van der Waals surface area (Å²) in [7, 11) is 2.02. The summed E-state index contributed by atoms with van der Waals surface area (Å²) in [5.74, 6) is 0. The van der Waals surface area contributed by atoms with Gasteiger partial charge in [-0.25, -0.2) is 0 Å². The van der Waals surface area contributed by atoms with Gasteiger partial charge in [-0.2, -0.15) is 0 Å². The maximum atomic E-state index is 5.65. The van der Waals surface area contributed by atoms with Gasteiger partial charge in [-0.3, -0.25) is 0 Å². The summed E-state index contributed by atoms with van der Waals surface area (Å²) in [5.41, 5.74) is 7.75. The number of likely N-dealkylation sites (N-methyl/N-ethyl adjacent to an activating group) is 1. The second-order valence-corrected chi connectivity index (χ2v) is 3.81. The zero-order chi connectivity index (χ0) is 9.97. The Hall–Kier alpha value is -1.22. The molecule has 3 nitrogen and oxygen atoms in total. The number of nitrogens with one attached hydrogen (secondary N) is 1. The van der Waals surface area contributed by atoms with E-state index in [0.717, 1.165) is 18.8 Å². The van der Waals surface area contributed by atoms with E-state index in [1.165, 1.54) is 12.1 Å². The van der Waals surface area contributed by atoms with Crippen LogP contribution in [0.5, 0.6) is 0 Å². The Bertz CT molecular complexity index is 294. The molecule has 1 saturated heterocycles. The van der Waals surface area contributed by atoms with Gasteiger partial charge in [-0.15, -0.1) is 0 Å². The highest BCUT2D eigenvalue weighted by atomic mass is 15.2. The van der Waals surface area contributed by atoms with Crippen molar-refractivity contribution in [2.24, 2.45) is 0 Å². The molecule has 0 saturated carbocycles. The average Bonchev–Trinajstić information content (AvgIpc) is 2.67. The quantitative estimate of drug-likeness (QED) is 0.687. The molecule has 0 spiro atoms. The maximum Gasteiger partial charge on any atom is 0.0368 e. The molecule has 1 aliphatic heterocycles. The largest absolute Gasteiger partial charge is 0.399 e. The Labute approximate surface area is 84.9 Å². The fourth-order valence-electron chi connectivity index (χ4n) is 1.92. The van der Waals surface area contributed by atoms with Gasteiger partial charge in [0.2, 0.25) is 0 Å². The van der Waals surface area contributed by atoms with Crippen LogP contribution >= 0.6 is 0 Å². The van der Waals surface area contributed by atoms with Gasteiger partial charge >= 0.3 is 0 Å². The third-order valence-electron chi connectivity index (χ3n) is 2.85. The first-order valence-electron chi connectivity index (χ1n) is 5.07. The summed E-state index contributed by atoms with van der Waals surface area (Å²) < 4.78 is 0. The molecule has 0 amide bonds. The van der Waals surface area contributed by atoms with E-state index >= 15 is 0 Å². The normalized spacial score (nSPS) is 21.5. The summed E-state index contributed by atoms with van der Waals surface area (Å²) in [6.45, 7) is 2.23. The number of rotatable bonds is 2. The van der Waals surface area contributed by atoms with Crippen LogP contribution in [0.4, 0.5) is 11.4 Å². The first-order chi connectivity index (χ1) is 6.79. The highest BCUT2D eigenvalue weighted by Crippen LogP contribution is 2.21. The van der Waals surface area contributed by atoms with Crippen LogP contribution in [0, 0.1) is 0 Å². The van der Waals surface area contributed by atoms with E-state index in [1.807, 2.05) is 19.2 Å². The first kappa shape index (κ1) is 9.34. The van der Waals surface area contributed by atoms with Gasteiger partial charge in [0, 0.05) is 30.5 Å². The average molecular weight is 191 g/mol. The van der Waals surface area contributed by atoms with Gasteiger partial charge in [-0.1, -0.05) is 0 Å². The third kappa shape index (κ3) is 1.82. The molecule has 1 aromatic rings. The Morgan fingerprint density at radius 2 is 2.07 bits per heavy atom. The topological polar surface area (TPSA) is 41.3 Å². The van der Waals surface area contributed by atoms with Crippen molar-refractivity contribution in [2.45, 2.75) is 12.5 Å². The van der Waals surface area contributed by atoms with Gasteiger partial charge in [0.05, 0.1) is 0 Å². The van der Waals surface area contributed by atoms with Crippen molar-refractivity contribution in [2.75, 3.05) is 30.8 Å². The summed E-state index contributed by atoms with van der Waals surface area (Å²) in [5, 5.41) is 3.31. The Morgan fingerprint density at radius 3 is 2.64 bits per heavy atom. The molecule has 0 aliphatic carbocycles. The van der Waals surface area contributed by atoms with Crippen molar-refractivity contribution in [1.29, 1.82) is 0 Å². The lowest BCUT2D eigenvalue weighted by molar-refractivity contribution is 0.617. The fraction of sp³-hybridized carbons (Fsp3) is 0.455.